The van der Waals surface area contributed by atoms with Crippen LogP contribution in [0.2, 0.25) is 0 Å². The normalized spacial score (nSPS) is 13.8. The minimum atomic E-state index is -0.109. The summed E-state index contributed by atoms with van der Waals surface area (Å²) in [7, 11) is 0. The first kappa shape index (κ1) is 15.5. The number of hydrogen-bond donors (Lipinski definition) is 1. The summed E-state index contributed by atoms with van der Waals surface area (Å²) in [5, 5.41) is 0. The summed E-state index contributed by atoms with van der Waals surface area (Å²) in [6.07, 6.45) is 7.89. The van der Waals surface area contributed by atoms with Crippen molar-refractivity contribution in [3.63, 3.8) is 0 Å². The first-order valence-corrected chi connectivity index (χ1v) is 6.81. The van der Waals surface area contributed by atoms with E-state index in [4.69, 9.17) is 5.73 Å². The molecule has 0 aromatic carbocycles. The highest BCUT2D eigenvalue weighted by atomic mass is 16.1. The second-order valence-electron chi connectivity index (χ2n) is 5.17. The van der Waals surface area contributed by atoms with Crippen LogP contribution in [0.15, 0.2) is 0 Å². The van der Waals surface area contributed by atoms with E-state index in [0.717, 1.165) is 25.7 Å². The van der Waals surface area contributed by atoms with E-state index in [9.17, 15) is 4.79 Å². The van der Waals surface area contributed by atoms with E-state index < -0.39 is 0 Å². The molecule has 0 aliphatic carbocycles. The molecule has 0 rings (SSSR count). The third-order valence-corrected chi connectivity index (χ3v) is 4.15. The van der Waals surface area contributed by atoms with Crippen molar-refractivity contribution in [3.8, 4) is 0 Å². The van der Waals surface area contributed by atoms with Crippen molar-refractivity contribution in [1.29, 1.82) is 0 Å². The molecule has 2 heteroatoms. The molecule has 0 aliphatic rings. The molecule has 0 aromatic rings. The number of amides is 1. The molecule has 2 nitrogen and oxygen atoms in total. The lowest BCUT2D eigenvalue weighted by Gasteiger charge is -2.34. The summed E-state index contributed by atoms with van der Waals surface area (Å²) in [4.78, 5) is 11.5. The quantitative estimate of drug-likeness (QED) is 0.597. The highest BCUT2D eigenvalue weighted by molar-refractivity contribution is 5.77. The molecule has 1 unspecified atom stereocenters. The van der Waals surface area contributed by atoms with Crippen LogP contribution in [0.25, 0.3) is 0 Å². The Balaban J connectivity index is 4.32. The Labute approximate surface area is 101 Å². The molecule has 1 amide bonds. The number of rotatable bonds is 9. The van der Waals surface area contributed by atoms with Gasteiger partial charge in [0.1, 0.15) is 0 Å². The molecule has 0 heterocycles. The smallest absolute Gasteiger partial charge is 0.221 e. The molecular formula is C14H29NO. The summed E-state index contributed by atoms with van der Waals surface area (Å²) in [6, 6.07) is 0. The van der Waals surface area contributed by atoms with Crippen LogP contribution in [0.4, 0.5) is 0 Å². The lowest BCUT2D eigenvalue weighted by atomic mass is 9.70. The fourth-order valence-electron chi connectivity index (χ4n) is 2.35. The van der Waals surface area contributed by atoms with Crippen molar-refractivity contribution < 1.29 is 4.79 Å². The zero-order valence-corrected chi connectivity index (χ0v) is 11.5. The number of nitrogens with two attached hydrogens (primary N) is 1. The summed E-state index contributed by atoms with van der Waals surface area (Å²) >= 11 is 0. The van der Waals surface area contributed by atoms with Crippen molar-refractivity contribution in [2.24, 2.45) is 17.1 Å². The first-order chi connectivity index (χ1) is 7.51. The average molecular weight is 227 g/mol. The third-order valence-electron chi connectivity index (χ3n) is 4.15. The van der Waals surface area contributed by atoms with Crippen LogP contribution in [0.3, 0.4) is 0 Å². The number of carbonyl (C=O) groups excluding carboxylic acids is 1. The molecule has 0 spiro atoms. The van der Waals surface area contributed by atoms with Gasteiger partial charge in [-0.25, -0.2) is 0 Å². The Morgan fingerprint density at radius 1 is 1.12 bits per heavy atom. The maximum Gasteiger partial charge on any atom is 0.221 e. The van der Waals surface area contributed by atoms with E-state index in [-0.39, 0.29) is 17.2 Å². The van der Waals surface area contributed by atoms with Gasteiger partial charge in [-0.3, -0.25) is 4.79 Å². The molecule has 16 heavy (non-hydrogen) atoms. The van der Waals surface area contributed by atoms with Gasteiger partial charge in [0.2, 0.25) is 5.91 Å². The lowest BCUT2D eigenvalue weighted by Crippen LogP contribution is -2.37. The molecule has 0 fully saturated rings. The van der Waals surface area contributed by atoms with Crippen molar-refractivity contribution in [2.75, 3.05) is 0 Å². The lowest BCUT2D eigenvalue weighted by molar-refractivity contribution is -0.126. The first-order valence-electron chi connectivity index (χ1n) is 6.81. The molecule has 0 saturated heterocycles. The maximum absolute atomic E-state index is 11.5. The highest BCUT2D eigenvalue weighted by Gasteiger charge is 2.34. The molecule has 96 valence electrons. The second-order valence-corrected chi connectivity index (χ2v) is 5.17. The third kappa shape index (κ3) is 4.54. The fraction of sp³-hybridized carbons (Fsp3) is 0.929. The number of hydrogen-bond acceptors (Lipinski definition) is 1. The van der Waals surface area contributed by atoms with Gasteiger partial charge in [0.05, 0.1) is 0 Å². The van der Waals surface area contributed by atoms with Crippen molar-refractivity contribution in [3.05, 3.63) is 0 Å². The molecule has 0 radical (unpaired) electrons. The standard InChI is InChI=1S/C14H29NO/c1-5-8-9-10-11-12(13(15)16)14(4,6-2)7-3/h12H,5-11H2,1-4H3,(H2,15,16). The molecule has 2 N–H and O–H groups in total. The highest BCUT2D eigenvalue weighted by Crippen LogP contribution is 2.37. The zero-order chi connectivity index (χ0) is 12.6. The van der Waals surface area contributed by atoms with E-state index in [1.54, 1.807) is 0 Å². The molecule has 0 saturated carbocycles. The van der Waals surface area contributed by atoms with E-state index >= 15 is 0 Å². The van der Waals surface area contributed by atoms with E-state index in [0.29, 0.717) is 0 Å². The van der Waals surface area contributed by atoms with Crippen LogP contribution in [0, 0.1) is 11.3 Å². The molecule has 1 atom stereocenters. The Morgan fingerprint density at radius 2 is 1.69 bits per heavy atom. The van der Waals surface area contributed by atoms with Crippen molar-refractivity contribution >= 4 is 5.91 Å². The Bertz CT molecular complexity index is 197. The Hall–Kier alpha value is -0.530. The van der Waals surface area contributed by atoms with Crippen LogP contribution in [-0.2, 0) is 4.79 Å². The van der Waals surface area contributed by atoms with E-state index in [1.165, 1.54) is 19.3 Å². The molecule has 0 bridgehead atoms. The monoisotopic (exact) mass is 227 g/mol. The number of primary amides is 1. The van der Waals surface area contributed by atoms with Gasteiger partial charge in [-0.05, 0) is 24.7 Å². The molecular weight excluding hydrogens is 198 g/mol. The summed E-state index contributed by atoms with van der Waals surface area (Å²) in [5.74, 6) is -0.0537. The summed E-state index contributed by atoms with van der Waals surface area (Å²) < 4.78 is 0. The Morgan fingerprint density at radius 3 is 2.06 bits per heavy atom. The predicted molar refractivity (Wildman–Crippen MR) is 70.1 cm³/mol. The molecule has 0 aromatic heterocycles. The number of carbonyl (C=O) groups is 1. The van der Waals surface area contributed by atoms with Crippen LogP contribution < -0.4 is 5.73 Å². The average Bonchev–Trinajstić information content (AvgIpc) is 2.27. The van der Waals surface area contributed by atoms with Crippen LogP contribution in [-0.4, -0.2) is 5.91 Å². The van der Waals surface area contributed by atoms with Gasteiger partial charge in [0.25, 0.3) is 0 Å². The van der Waals surface area contributed by atoms with Gasteiger partial charge in [-0.2, -0.15) is 0 Å². The van der Waals surface area contributed by atoms with Gasteiger partial charge in [0.15, 0.2) is 0 Å². The fourth-order valence-corrected chi connectivity index (χ4v) is 2.35. The largest absolute Gasteiger partial charge is 0.369 e. The van der Waals surface area contributed by atoms with Crippen molar-refractivity contribution in [2.45, 2.75) is 72.6 Å². The molecule has 0 aliphatic heterocycles. The van der Waals surface area contributed by atoms with Gasteiger partial charge < -0.3 is 5.73 Å². The summed E-state index contributed by atoms with van der Waals surface area (Å²) in [6.45, 7) is 8.72. The topological polar surface area (TPSA) is 43.1 Å². The van der Waals surface area contributed by atoms with E-state index in [2.05, 4.69) is 27.7 Å². The van der Waals surface area contributed by atoms with Gasteiger partial charge in [-0.1, -0.05) is 53.4 Å². The van der Waals surface area contributed by atoms with Crippen LogP contribution >= 0.6 is 0 Å². The minimum absolute atomic E-state index is 0.0550. The minimum Gasteiger partial charge on any atom is -0.369 e. The van der Waals surface area contributed by atoms with Gasteiger partial charge in [-0.15, -0.1) is 0 Å². The SMILES string of the molecule is CCCCCCC(C(N)=O)C(C)(CC)CC. The maximum atomic E-state index is 11.5. The van der Waals surface area contributed by atoms with Crippen molar-refractivity contribution in [1.82, 2.24) is 0 Å². The van der Waals surface area contributed by atoms with E-state index in [1.807, 2.05) is 0 Å². The van der Waals surface area contributed by atoms with Crippen LogP contribution in [0.1, 0.15) is 72.6 Å². The van der Waals surface area contributed by atoms with Gasteiger partial charge >= 0.3 is 0 Å². The second kappa shape index (κ2) is 7.70. The summed E-state index contributed by atoms with van der Waals surface area (Å²) in [5.41, 5.74) is 5.65. The van der Waals surface area contributed by atoms with Crippen LogP contribution in [0.5, 0.6) is 0 Å². The predicted octanol–water partition coefficient (Wildman–Crippen LogP) is 3.88. The van der Waals surface area contributed by atoms with Gasteiger partial charge in [0, 0.05) is 5.92 Å². The zero-order valence-electron chi connectivity index (χ0n) is 11.5. The Kier molecular flexibility index (Phi) is 7.44. The number of unbranched alkanes of at least 4 members (excludes halogenated alkanes) is 3.